The number of benzene rings is 1. The predicted molar refractivity (Wildman–Crippen MR) is 83.3 cm³/mol. The van der Waals surface area contributed by atoms with Crippen molar-refractivity contribution in [3.05, 3.63) is 46.8 Å². The molecule has 0 aliphatic rings. The molecule has 21 heavy (non-hydrogen) atoms. The van der Waals surface area contributed by atoms with Crippen LogP contribution < -0.4 is 0 Å². The molecule has 0 saturated heterocycles. The maximum absolute atomic E-state index is 11.3. The van der Waals surface area contributed by atoms with Crippen molar-refractivity contribution in [3.8, 4) is 5.69 Å². The number of carboxylic acid groups (broad SMARTS) is 1. The number of hydrogen-bond acceptors (Lipinski definition) is 2. The lowest BCUT2D eigenvalue weighted by atomic mass is 9.98. The van der Waals surface area contributed by atoms with Gasteiger partial charge in [0.25, 0.3) is 0 Å². The molecule has 4 heteroatoms. The Morgan fingerprint density at radius 1 is 1.24 bits per heavy atom. The van der Waals surface area contributed by atoms with E-state index in [2.05, 4.69) is 25.0 Å². The predicted octanol–water partition coefficient (Wildman–Crippen LogP) is 4.09. The Bertz CT molecular complexity index is 655. The molecule has 0 spiro atoms. The van der Waals surface area contributed by atoms with Crippen molar-refractivity contribution in [2.24, 2.45) is 0 Å². The van der Waals surface area contributed by atoms with Crippen molar-refractivity contribution in [1.82, 2.24) is 9.78 Å². The lowest BCUT2D eigenvalue weighted by Crippen LogP contribution is -2.08. The van der Waals surface area contributed by atoms with Gasteiger partial charge in [-0.05, 0) is 44.4 Å². The van der Waals surface area contributed by atoms with Gasteiger partial charge in [-0.3, -0.25) is 0 Å². The molecule has 0 amide bonds. The smallest absolute Gasteiger partial charge is 0.356 e. The fourth-order valence-electron chi connectivity index (χ4n) is 2.73. The third-order valence-electron chi connectivity index (χ3n) is 3.94. The number of aromatic carboxylic acids is 1. The van der Waals surface area contributed by atoms with Gasteiger partial charge in [0.05, 0.1) is 5.69 Å². The molecular weight excluding hydrogens is 264 g/mol. The Balaban J connectivity index is 2.62. The minimum absolute atomic E-state index is 0.108. The normalized spacial score (nSPS) is 11.1. The number of carbonyl (C=O) groups is 1. The first-order chi connectivity index (χ1) is 9.97. The van der Waals surface area contributed by atoms with E-state index in [0.29, 0.717) is 5.92 Å². The molecule has 0 atom stereocenters. The molecule has 112 valence electrons. The molecule has 0 unspecified atom stereocenters. The minimum Gasteiger partial charge on any atom is -0.476 e. The Morgan fingerprint density at radius 2 is 1.90 bits per heavy atom. The summed E-state index contributed by atoms with van der Waals surface area (Å²) in [6.45, 7) is 8.31. The van der Waals surface area contributed by atoms with Gasteiger partial charge in [0.2, 0.25) is 0 Å². The van der Waals surface area contributed by atoms with Gasteiger partial charge in [-0.2, -0.15) is 5.10 Å². The van der Waals surface area contributed by atoms with E-state index in [1.807, 2.05) is 26.0 Å². The summed E-state index contributed by atoms with van der Waals surface area (Å²) in [6, 6.07) is 7.84. The molecule has 1 aromatic heterocycles. The molecule has 0 bridgehead atoms. The summed E-state index contributed by atoms with van der Waals surface area (Å²) >= 11 is 0. The van der Waals surface area contributed by atoms with Crippen molar-refractivity contribution < 1.29 is 9.90 Å². The van der Waals surface area contributed by atoms with E-state index >= 15 is 0 Å². The Morgan fingerprint density at radius 3 is 2.43 bits per heavy atom. The molecule has 2 rings (SSSR count). The summed E-state index contributed by atoms with van der Waals surface area (Å²) in [6.07, 6.45) is 1.93. The average molecular weight is 286 g/mol. The summed E-state index contributed by atoms with van der Waals surface area (Å²) in [5.74, 6) is -0.669. The monoisotopic (exact) mass is 286 g/mol. The van der Waals surface area contributed by atoms with Crippen LogP contribution in [-0.2, 0) is 0 Å². The minimum atomic E-state index is -0.981. The summed E-state index contributed by atoms with van der Waals surface area (Å²) in [5.41, 5.74) is 4.32. The van der Waals surface area contributed by atoms with Gasteiger partial charge >= 0.3 is 5.97 Å². The third-order valence-corrected chi connectivity index (χ3v) is 3.94. The lowest BCUT2D eigenvalue weighted by molar-refractivity contribution is 0.0690. The van der Waals surface area contributed by atoms with Crippen LogP contribution in [0.5, 0.6) is 0 Å². The highest BCUT2D eigenvalue weighted by Crippen LogP contribution is 2.27. The van der Waals surface area contributed by atoms with Gasteiger partial charge in [-0.15, -0.1) is 0 Å². The summed E-state index contributed by atoms with van der Waals surface area (Å²) < 4.78 is 1.80. The molecule has 1 N–H and O–H groups in total. The zero-order valence-electron chi connectivity index (χ0n) is 13.1. The van der Waals surface area contributed by atoms with Crippen LogP contribution in [-0.4, -0.2) is 20.9 Å². The van der Waals surface area contributed by atoms with Crippen LogP contribution in [0.4, 0.5) is 0 Å². The number of aryl methyl sites for hydroxylation is 2. The second-order valence-corrected chi connectivity index (χ2v) is 5.47. The second kappa shape index (κ2) is 6.12. The molecule has 1 aromatic carbocycles. The topological polar surface area (TPSA) is 55.1 Å². The summed E-state index contributed by atoms with van der Waals surface area (Å²) in [5, 5.41) is 13.5. The molecule has 1 heterocycles. The van der Waals surface area contributed by atoms with Crippen molar-refractivity contribution in [1.29, 1.82) is 0 Å². The second-order valence-electron chi connectivity index (χ2n) is 5.47. The molecule has 0 aliphatic heterocycles. The fourth-order valence-corrected chi connectivity index (χ4v) is 2.73. The number of aromatic nitrogens is 2. The Kier molecular flexibility index (Phi) is 4.46. The Hall–Kier alpha value is -2.10. The van der Waals surface area contributed by atoms with E-state index in [4.69, 9.17) is 0 Å². The number of carboxylic acids is 1. The van der Waals surface area contributed by atoms with Crippen molar-refractivity contribution in [3.63, 3.8) is 0 Å². The van der Waals surface area contributed by atoms with Crippen LogP contribution in [0.15, 0.2) is 24.3 Å². The number of rotatable bonds is 5. The zero-order chi connectivity index (χ0) is 15.6. The first-order valence-corrected chi connectivity index (χ1v) is 7.38. The van der Waals surface area contributed by atoms with Crippen LogP contribution in [0.2, 0.25) is 0 Å². The quantitative estimate of drug-likeness (QED) is 0.900. The Labute approximate surface area is 125 Å². The highest BCUT2D eigenvalue weighted by atomic mass is 16.4. The van der Waals surface area contributed by atoms with Crippen LogP contribution >= 0.6 is 0 Å². The maximum atomic E-state index is 11.3. The standard InChI is InChI=1S/C17H22N2O2/c1-5-13(6-2)16-10-14(17(20)21)18-19(16)15-8-7-11(3)9-12(15)4/h7-10,13H,5-6H2,1-4H3,(H,20,21). The van der Waals surface area contributed by atoms with Gasteiger partial charge in [0, 0.05) is 11.6 Å². The molecular formula is C17H22N2O2. The first kappa shape index (κ1) is 15.3. The molecule has 4 nitrogen and oxygen atoms in total. The van der Waals surface area contributed by atoms with Crippen molar-refractivity contribution in [2.75, 3.05) is 0 Å². The highest BCUT2D eigenvalue weighted by Gasteiger charge is 2.20. The van der Waals surface area contributed by atoms with Crippen LogP contribution in [0.25, 0.3) is 5.69 Å². The van der Waals surface area contributed by atoms with E-state index in [1.165, 1.54) is 5.56 Å². The van der Waals surface area contributed by atoms with E-state index in [1.54, 1.807) is 10.7 Å². The van der Waals surface area contributed by atoms with Gasteiger partial charge in [-0.1, -0.05) is 31.5 Å². The van der Waals surface area contributed by atoms with E-state index in [0.717, 1.165) is 29.8 Å². The fraction of sp³-hybridized carbons (Fsp3) is 0.412. The largest absolute Gasteiger partial charge is 0.476 e. The van der Waals surface area contributed by atoms with Crippen molar-refractivity contribution >= 4 is 5.97 Å². The molecule has 2 aromatic rings. The molecule has 0 saturated carbocycles. The molecule has 0 aliphatic carbocycles. The van der Waals surface area contributed by atoms with E-state index < -0.39 is 5.97 Å². The first-order valence-electron chi connectivity index (χ1n) is 7.38. The third kappa shape index (κ3) is 2.99. The summed E-state index contributed by atoms with van der Waals surface area (Å²) in [4.78, 5) is 11.3. The molecule has 0 radical (unpaired) electrons. The lowest BCUT2D eigenvalue weighted by Gasteiger charge is -2.16. The number of hydrogen-bond donors (Lipinski definition) is 1. The van der Waals surface area contributed by atoms with Crippen LogP contribution in [0.1, 0.15) is 59.9 Å². The maximum Gasteiger partial charge on any atom is 0.356 e. The highest BCUT2D eigenvalue weighted by molar-refractivity contribution is 5.85. The zero-order valence-corrected chi connectivity index (χ0v) is 13.1. The van der Waals surface area contributed by atoms with Crippen LogP contribution in [0, 0.1) is 13.8 Å². The van der Waals surface area contributed by atoms with E-state index in [9.17, 15) is 9.90 Å². The van der Waals surface area contributed by atoms with Gasteiger partial charge in [0.15, 0.2) is 5.69 Å². The van der Waals surface area contributed by atoms with E-state index in [-0.39, 0.29) is 5.69 Å². The SMILES string of the molecule is CCC(CC)c1cc(C(=O)O)nn1-c1ccc(C)cc1C. The summed E-state index contributed by atoms with van der Waals surface area (Å²) in [7, 11) is 0. The number of nitrogens with zero attached hydrogens (tertiary/aromatic N) is 2. The average Bonchev–Trinajstić information content (AvgIpc) is 2.85. The van der Waals surface area contributed by atoms with Gasteiger partial charge < -0.3 is 5.11 Å². The molecule has 0 fully saturated rings. The van der Waals surface area contributed by atoms with Crippen molar-refractivity contribution in [2.45, 2.75) is 46.5 Å². The van der Waals surface area contributed by atoms with Gasteiger partial charge in [0.1, 0.15) is 0 Å². The van der Waals surface area contributed by atoms with Crippen LogP contribution in [0.3, 0.4) is 0 Å². The van der Waals surface area contributed by atoms with Gasteiger partial charge in [-0.25, -0.2) is 9.48 Å².